The fraction of sp³-hybridized carbons (Fsp3) is 0.667. The van der Waals surface area contributed by atoms with Gasteiger partial charge >= 0.3 is 0 Å². The molecule has 2 aromatic rings. The van der Waals surface area contributed by atoms with E-state index in [-0.39, 0.29) is 32.5 Å². The Hall–Kier alpha value is -2.63. The second-order valence-electron chi connectivity index (χ2n) is 14.7. The molecule has 312 valence electrons. The van der Waals surface area contributed by atoms with Crippen molar-refractivity contribution in [3.63, 3.8) is 0 Å². The summed E-state index contributed by atoms with van der Waals surface area (Å²) < 4.78 is 10.5. The molecule has 4 heterocycles. The molecule has 0 spiro atoms. The number of amides is 2. The number of benzene rings is 2. The molecule has 4 aliphatic heterocycles. The lowest BCUT2D eigenvalue weighted by Gasteiger charge is -2.41. The maximum Gasteiger partial charge on any atom is 0.237 e. The minimum absolute atomic E-state index is 0. The maximum atomic E-state index is 12.8. The van der Waals surface area contributed by atoms with E-state index >= 15 is 0 Å². The van der Waals surface area contributed by atoms with Gasteiger partial charge < -0.3 is 34.4 Å². The van der Waals surface area contributed by atoms with Crippen LogP contribution < -0.4 is 24.6 Å². The van der Waals surface area contributed by atoms with Gasteiger partial charge in [-0.25, -0.2) is 0 Å². The first-order valence-corrected chi connectivity index (χ1v) is 20.5. The molecule has 0 unspecified atom stereocenters. The van der Waals surface area contributed by atoms with Gasteiger partial charge in [-0.05, 0) is 77.6 Å². The average Bonchev–Trinajstić information content (AvgIpc) is 3.17. The van der Waals surface area contributed by atoms with Gasteiger partial charge in [0.15, 0.2) is 0 Å². The molecule has 0 radical (unpaired) electrons. The largest absolute Gasteiger partial charge is 0.495 e. The van der Waals surface area contributed by atoms with Gasteiger partial charge in [0, 0.05) is 100 Å². The van der Waals surface area contributed by atoms with E-state index < -0.39 is 0 Å². The first kappa shape index (κ1) is 48.5. The third-order valence-electron chi connectivity index (χ3n) is 10.9. The third-order valence-corrected chi connectivity index (χ3v) is 11.8. The zero-order valence-electron chi connectivity index (χ0n) is 32.6. The molecule has 4 saturated heterocycles. The molecule has 55 heavy (non-hydrogen) atoms. The lowest BCUT2D eigenvalue weighted by Crippen LogP contribution is -2.54. The summed E-state index contributed by atoms with van der Waals surface area (Å²) >= 11 is 17.7. The molecule has 4 fully saturated rings. The zero-order chi connectivity index (χ0) is 38.5. The van der Waals surface area contributed by atoms with Crippen molar-refractivity contribution in [2.75, 3.05) is 88.8 Å². The third kappa shape index (κ3) is 14.4. The number of carbonyl (C=O) groups is 2. The first-order valence-electron chi connectivity index (χ1n) is 19.2. The predicted octanol–water partition coefficient (Wildman–Crippen LogP) is 8.31. The average molecular weight is 828 g/mol. The van der Waals surface area contributed by atoms with Crippen LogP contribution in [0.25, 0.3) is 0 Å². The highest BCUT2D eigenvalue weighted by molar-refractivity contribution is 6.32. The number of halogens is 3. The van der Waals surface area contributed by atoms with Crippen molar-refractivity contribution in [3.05, 3.63) is 46.4 Å². The van der Waals surface area contributed by atoms with Crippen molar-refractivity contribution >= 4 is 58.0 Å². The normalized spacial score (nSPS) is 22.8. The number of piperazine rings is 2. The summed E-state index contributed by atoms with van der Waals surface area (Å²) in [5, 5.41) is 4.70. The molecular formula is C42H69Cl3N6O4. The fourth-order valence-electron chi connectivity index (χ4n) is 7.63. The summed E-state index contributed by atoms with van der Waals surface area (Å²) in [5.41, 5.74) is 2.15. The highest BCUT2D eigenvalue weighted by Gasteiger charge is 2.29. The standard InChI is InChI=1S/C20H30ClN3O2.C13H16Cl2N2O2.C7H15N.2CH4/c1-15-5-4-6-16(2)24(15)14-20(25)23-11-9-22(10-12-23)17-7-8-18(21)19(13-17)26-3;1-19-12-8-10(2-3-11(12)15)16-4-6-17(7-5-16)13(18)9-14;1-6-4-3-5-7(2)8-6;;/h7-8,13,15-16H,4-6,9-12,14H2,1-3H3;2-3,8H,4-7,9H2,1H3;6-8H,3-5H2,1-2H3;2*1H4/t15-,16+;;6-,7+;;. The first-order chi connectivity index (χ1) is 25.4. The number of nitrogens with one attached hydrogen (secondary N) is 1. The Kier molecular flexibility index (Phi) is 21.4. The van der Waals surface area contributed by atoms with Crippen LogP contribution in [0, 0.1) is 0 Å². The number of methoxy groups -OCH3 is 2. The summed E-state index contributed by atoms with van der Waals surface area (Å²) in [6.07, 6.45) is 7.81. The Morgan fingerprint density at radius 2 is 1.05 bits per heavy atom. The number of hydrogen-bond acceptors (Lipinski definition) is 8. The van der Waals surface area contributed by atoms with Crippen molar-refractivity contribution < 1.29 is 19.1 Å². The molecule has 6 rings (SSSR count). The topological polar surface area (TPSA) is 80.8 Å². The predicted molar refractivity (Wildman–Crippen MR) is 233 cm³/mol. The number of piperidine rings is 2. The van der Waals surface area contributed by atoms with E-state index in [1.165, 1.54) is 38.5 Å². The lowest BCUT2D eigenvalue weighted by molar-refractivity contribution is -0.134. The Morgan fingerprint density at radius 3 is 1.42 bits per heavy atom. The van der Waals surface area contributed by atoms with Gasteiger partial charge in [-0.1, -0.05) is 50.9 Å². The molecule has 4 aliphatic rings. The van der Waals surface area contributed by atoms with E-state index in [2.05, 4.69) is 47.7 Å². The van der Waals surface area contributed by atoms with E-state index in [1.54, 1.807) is 19.1 Å². The second kappa shape index (κ2) is 24.2. The molecule has 0 aliphatic carbocycles. The number of rotatable bonds is 7. The van der Waals surface area contributed by atoms with E-state index in [1.807, 2.05) is 41.3 Å². The van der Waals surface area contributed by atoms with Crippen molar-refractivity contribution in [3.8, 4) is 11.5 Å². The summed E-state index contributed by atoms with van der Waals surface area (Å²) in [6, 6.07) is 14.1. The Bertz CT molecular complexity index is 1440. The molecule has 2 amide bonds. The van der Waals surface area contributed by atoms with Gasteiger partial charge in [0.25, 0.3) is 0 Å². The lowest BCUT2D eigenvalue weighted by atomic mass is 9.97. The van der Waals surface area contributed by atoms with Crippen LogP contribution in [0.4, 0.5) is 11.4 Å². The Balaban J connectivity index is 0.000000316. The minimum Gasteiger partial charge on any atom is -0.495 e. The van der Waals surface area contributed by atoms with Gasteiger partial charge in [0.1, 0.15) is 17.4 Å². The van der Waals surface area contributed by atoms with E-state index in [0.29, 0.717) is 53.3 Å². The number of carbonyl (C=O) groups excluding carboxylic acids is 2. The van der Waals surface area contributed by atoms with Crippen LogP contribution in [-0.4, -0.2) is 130 Å². The molecule has 2 aromatic carbocycles. The molecule has 1 N–H and O–H groups in total. The molecule has 0 saturated carbocycles. The summed E-state index contributed by atoms with van der Waals surface area (Å²) in [6.45, 7) is 15.7. The molecule has 0 aromatic heterocycles. The fourth-order valence-corrected chi connectivity index (χ4v) is 8.19. The van der Waals surface area contributed by atoms with E-state index in [9.17, 15) is 9.59 Å². The van der Waals surface area contributed by atoms with Crippen molar-refractivity contribution in [1.29, 1.82) is 0 Å². The van der Waals surface area contributed by atoms with Gasteiger partial charge in [-0.3, -0.25) is 14.5 Å². The van der Waals surface area contributed by atoms with Gasteiger partial charge in [-0.2, -0.15) is 0 Å². The maximum absolute atomic E-state index is 12.8. The summed E-state index contributed by atoms with van der Waals surface area (Å²) in [4.78, 5) is 34.9. The number of alkyl halides is 1. The van der Waals surface area contributed by atoms with Crippen LogP contribution in [0.2, 0.25) is 10.0 Å². The van der Waals surface area contributed by atoms with Crippen molar-refractivity contribution in [2.24, 2.45) is 0 Å². The minimum atomic E-state index is -0.00463. The van der Waals surface area contributed by atoms with Crippen LogP contribution in [0.15, 0.2) is 36.4 Å². The smallest absolute Gasteiger partial charge is 0.237 e. The highest BCUT2D eigenvalue weighted by atomic mass is 35.5. The molecule has 4 atom stereocenters. The van der Waals surface area contributed by atoms with E-state index in [4.69, 9.17) is 44.3 Å². The SMILES string of the molecule is C.C.COc1cc(N2CCN(C(=O)CCl)CC2)ccc1Cl.COc1cc(N2CCN(C(=O)CN3[C@H](C)CCC[C@@H]3C)CC2)ccc1Cl.C[C@@H]1CCC[C@H](C)N1. The highest BCUT2D eigenvalue weighted by Crippen LogP contribution is 2.31. The van der Waals surface area contributed by atoms with Crippen molar-refractivity contribution in [1.82, 2.24) is 20.0 Å². The van der Waals surface area contributed by atoms with Gasteiger partial charge in [0.2, 0.25) is 11.8 Å². The number of hydrogen-bond donors (Lipinski definition) is 1. The molecule has 10 nitrogen and oxygen atoms in total. The molecular weight excluding hydrogens is 759 g/mol. The van der Waals surface area contributed by atoms with Crippen LogP contribution in [0.5, 0.6) is 11.5 Å². The number of ether oxygens (including phenoxy) is 2. The van der Waals surface area contributed by atoms with Crippen molar-refractivity contribution in [2.45, 2.75) is 105 Å². The number of likely N-dealkylation sites (tertiary alicyclic amines) is 1. The second-order valence-corrected chi connectivity index (χ2v) is 15.8. The Morgan fingerprint density at radius 1 is 0.655 bits per heavy atom. The van der Waals surface area contributed by atoms with Gasteiger partial charge in [0.05, 0.1) is 30.8 Å². The van der Waals surface area contributed by atoms with Crippen LogP contribution in [0.1, 0.15) is 81.1 Å². The number of nitrogens with zero attached hydrogens (tertiary/aromatic N) is 5. The number of anilines is 2. The molecule has 0 bridgehead atoms. The summed E-state index contributed by atoms with van der Waals surface area (Å²) in [7, 11) is 3.23. The molecule has 13 heteroatoms. The van der Waals surface area contributed by atoms with Crippen LogP contribution in [0.3, 0.4) is 0 Å². The Labute approximate surface area is 347 Å². The van der Waals surface area contributed by atoms with Gasteiger partial charge in [-0.15, -0.1) is 11.6 Å². The van der Waals surface area contributed by atoms with Crippen LogP contribution >= 0.6 is 34.8 Å². The quantitative estimate of drug-likeness (QED) is 0.280. The summed E-state index contributed by atoms with van der Waals surface area (Å²) in [5.74, 6) is 1.66. The monoisotopic (exact) mass is 826 g/mol. The van der Waals surface area contributed by atoms with E-state index in [0.717, 1.165) is 62.7 Å². The van der Waals surface area contributed by atoms with Crippen LogP contribution in [-0.2, 0) is 9.59 Å². The zero-order valence-corrected chi connectivity index (χ0v) is 34.9.